The highest BCUT2D eigenvalue weighted by molar-refractivity contribution is 5.29. The standard InChI is InChI=1S/C17H21NO/c1-2-16(18)13-19-17(14-9-5-3-6-10-14)15-11-7-4-8-12-15/h3-12,16-17H,2,13,18H2,1H3. The van der Waals surface area contributed by atoms with Crippen LogP contribution < -0.4 is 5.73 Å². The minimum absolute atomic E-state index is 0.0417. The molecule has 0 spiro atoms. The van der Waals surface area contributed by atoms with Gasteiger partial charge < -0.3 is 10.5 Å². The largest absolute Gasteiger partial charge is 0.367 e. The van der Waals surface area contributed by atoms with Crippen LogP contribution in [0.15, 0.2) is 60.7 Å². The van der Waals surface area contributed by atoms with Crippen molar-refractivity contribution in [3.05, 3.63) is 71.8 Å². The van der Waals surface area contributed by atoms with E-state index in [-0.39, 0.29) is 12.1 Å². The van der Waals surface area contributed by atoms with E-state index in [0.717, 1.165) is 17.5 Å². The molecule has 19 heavy (non-hydrogen) atoms. The molecule has 100 valence electrons. The van der Waals surface area contributed by atoms with Gasteiger partial charge in [-0.1, -0.05) is 67.6 Å². The van der Waals surface area contributed by atoms with Crippen molar-refractivity contribution in [3.63, 3.8) is 0 Å². The van der Waals surface area contributed by atoms with Gasteiger partial charge in [0.25, 0.3) is 0 Å². The van der Waals surface area contributed by atoms with Gasteiger partial charge >= 0.3 is 0 Å². The summed E-state index contributed by atoms with van der Waals surface area (Å²) >= 11 is 0. The van der Waals surface area contributed by atoms with Gasteiger partial charge in [0.15, 0.2) is 0 Å². The third kappa shape index (κ3) is 3.91. The van der Waals surface area contributed by atoms with Gasteiger partial charge in [-0.25, -0.2) is 0 Å². The van der Waals surface area contributed by atoms with Crippen LogP contribution in [0.3, 0.4) is 0 Å². The van der Waals surface area contributed by atoms with E-state index in [1.54, 1.807) is 0 Å². The summed E-state index contributed by atoms with van der Waals surface area (Å²) < 4.78 is 6.04. The van der Waals surface area contributed by atoms with E-state index in [1.807, 2.05) is 36.4 Å². The molecule has 0 fully saturated rings. The predicted molar refractivity (Wildman–Crippen MR) is 78.9 cm³/mol. The molecule has 0 bridgehead atoms. The zero-order valence-corrected chi connectivity index (χ0v) is 11.3. The fourth-order valence-electron chi connectivity index (χ4n) is 1.98. The van der Waals surface area contributed by atoms with Crippen molar-refractivity contribution in [2.24, 2.45) is 5.73 Å². The van der Waals surface area contributed by atoms with Crippen molar-refractivity contribution in [1.82, 2.24) is 0 Å². The van der Waals surface area contributed by atoms with Crippen molar-refractivity contribution < 1.29 is 4.74 Å². The van der Waals surface area contributed by atoms with E-state index in [1.165, 1.54) is 0 Å². The van der Waals surface area contributed by atoms with Crippen molar-refractivity contribution in [1.29, 1.82) is 0 Å². The Morgan fingerprint density at radius 1 is 0.895 bits per heavy atom. The van der Waals surface area contributed by atoms with Crippen LogP contribution in [0.25, 0.3) is 0 Å². The lowest BCUT2D eigenvalue weighted by Gasteiger charge is -2.21. The van der Waals surface area contributed by atoms with E-state index in [4.69, 9.17) is 10.5 Å². The summed E-state index contributed by atoms with van der Waals surface area (Å²) in [6.07, 6.45) is 0.885. The van der Waals surface area contributed by atoms with Crippen LogP contribution in [0.4, 0.5) is 0 Å². The average molecular weight is 255 g/mol. The van der Waals surface area contributed by atoms with Gasteiger partial charge in [-0.2, -0.15) is 0 Å². The highest BCUT2D eigenvalue weighted by Crippen LogP contribution is 2.25. The van der Waals surface area contributed by atoms with Crippen LogP contribution in [0, 0.1) is 0 Å². The Balaban J connectivity index is 2.19. The summed E-state index contributed by atoms with van der Waals surface area (Å²) in [6.45, 7) is 2.65. The first-order valence-corrected chi connectivity index (χ1v) is 6.78. The molecule has 1 unspecified atom stereocenters. The minimum atomic E-state index is -0.0417. The first-order chi connectivity index (χ1) is 9.31. The molecular formula is C17H21NO. The highest BCUT2D eigenvalue weighted by Gasteiger charge is 2.15. The molecule has 0 saturated heterocycles. The smallest absolute Gasteiger partial charge is 0.108 e. The number of nitrogens with two attached hydrogens (primary N) is 1. The zero-order valence-electron chi connectivity index (χ0n) is 11.3. The summed E-state index contributed by atoms with van der Waals surface area (Å²) in [7, 11) is 0. The molecule has 0 amide bonds. The summed E-state index contributed by atoms with van der Waals surface area (Å²) in [5.41, 5.74) is 8.28. The Hall–Kier alpha value is -1.64. The fourth-order valence-corrected chi connectivity index (χ4v) is 1.98. The van der Waals surface area contributed by atoms with E-state index in [9.17, 15) is 0 Å². The van der Waals surface area contributed by atoms with Crippen LogP contribution in [0.5, 0.6) is 0 Å². The lowest BCUT2D eigenvalue weighted by molar-refractivity contribution is 0.0688. The Kier molecular flexibility index (Phi) is 5.13. The van der Waals surface area contributed by atoms with E-state index in [0.29, 0.717) is 6.61 Å². The molecule has 0 aliphatic carbocycles. The van der Waals surface area contributed by atoms with Crippen molar-refractivity contribution in [3.8, 4) is 0 Å². The Labute approximate surface area is 115 Å². The van der Waals surface area contributed by atoms with E-state index in [2.05, 4.69) is 31.2 Å². The second-order valence-electron chi connectivity index (χ2n) is 4.70. The van der Waals surface area contributed by atoms with E-state index >= 15 is 0 Å². The van der Waals surface area contributed by atoms with Crippen LogP contribution in [-0.2, 0) is 4.74 Å². The quantitative estimate of drug-likeness (QED) is 0.857. The van der Waals surface area contributed by atoms with Crippen LogP contribution >= 0.6 is 0 Å². The molecule has 0 aliphatic heterocycles. The summed E-state index contributed by atoms with van der Waals surface area (Å²) in [5, 5.41) is 0. The van der Waals surface area contributed by atoms with Crippen molar-refractivity contribution >= 4 is 0 Å². The molecule has 2 rings (SSSR count). The third-order valence-electron chi connectivity index (χ3n) is 3.21. The second-order valence-corrected chi connectivity index (χ2v) is 4.70. The topological polar surface area (TPSA) is 35.2 Å². The molecule has 0 aliphatic rings. The third-order valence-corrected chi connectivity index (χ3v) is 3.21. The van der Waals surface area contributed by atoms with Gasteiger partial charge in [0.2, 0.25) is 0 Å². The molecule has 0 saturated carbocycles. The SMILES string of the molecule is CCC(N)COC(c1ccccc1)c1ccccc1. The van der Waals surface area contributed by atoms with Crippen LogP contribution in [-0.4, -0.2) is 12.6 Å². The number of ether oxygens (including phenoxy) is 1. The zero-order chi connectivity index (χ0) is 13.5. The molecule has 2 aromatic rings. The van der Waals surface area contributed by atoms with Crippen molar-refractivity contribution in [2.45, 2.75) is 25.5 Å². The summed E-state index contributed by atoms with van der Waals surface area (Å²) in [4.78, 5) is 0. The number of benzene rings is 2. The van der Waals surface area contributed by atoms with Gasteiger partial charge in [-0.3, -0.25) is 0 Å². The maximum atomic E-state index is 6.04. The molecular weight excluding hydrogens is 234 g/mol. The van der Waals surface area contributed by atoms with Gasteiger partial charge in [0, 0.05) is 6.04 Å². The lowest BCUT2D eigenvalue weighted by Crippen LogP contribution is -2.26. The molecule has 1 atom stereocenters. The Morgan fingerprint density at radius 2 is 1.37 bits per heavy atom. The fraction of sp³-hybridized carbons (Fsp3) is 0.294. The average Bonchev–Trinajstić information content (AvgIpc) is 2.49. The molecule has 0 radical (unpaired) electrons. The maximum absolute atomic E-state index is 6.04. The molecule has 2 heteroatoms. The summed E-state index contributed by atoms with van der Waals surface area (Å²) in [5.74, 6) is 0. The van der Waals surface area contributed by atoms with Gasteiger partial charge in [-0.05, 0) is 17.5 Å². The second kappa shape index (κ2) is 7.07. The summed E-state index contributed by atoms with van der Waals surface area (Å²) in [6, 6.07) is 20.6. The minimum Gasteiger partial charge on any atom is -0.367 e. The number of hydrogen-bond donors (Lipinski definition) is 1. The normalized spacial score (nSPS) is 12.6. The monoisotopic (exact) mass is 255 g/mol. The molecule has 2 nitrogen and oxygen atoms in total. The number of rotatable bonds is 6. The molecule has 2 N–H and O–H groups in total. The lowest BCUT2D eigenvalue weighted by atomic mass is 10.0. The van der Waals surface area contributed by atoms with Gasteiger partial charge in [0.05, 0.1) is 6.61 Å². The highest BCUT2D eigenvalue weighted by atomic mass is 16.5. The van der Waals surface area contributed by atoms with Gasteiger partial charge in [0.1, 0.15) is 6.10 Å². The molecule has 2 aromatic carbocycles. The maximum Gasteiger partial charge on any atom is 0.108 e. The predicted octanol–water partition coefficient (Wildman–Crippen LogP) is 3.53. The first kappa shape index (κ1) is 13.8. The van der Waals surface area contributed by atoms with E-state index < -0.39 is 0 Å². The van der Waals surface area contributed by atoms with Crippen LogP contribution in [0.2, 0.25) is 0 Å². The molecule has 0 heterocycles. The van der Waals surface area contributed by atoms with Crippen LogP contribution in [0.1, 0.15) is 30.6 Å². The molecule has 0 aromatic heterocycles. The Bertz CT molecular complexity index is 430. The first-order valence-electron chi connectivity index (χ1n) is 6.78. The van der Waals surface area contributed by atoms with Gasteiger partial charge in [-0.15, -0.1) is 0 Å². The van der Waals surface area contributed by atoms with Crippen molar-refractivity contribution in [2.75, 3.05) is 6.61 Å². The Morgan fingerprint density at radius 3 is 1.79 bits per heavy atom. The number of hydrogen-bond acceptors (Lipinski definition) is 2.